The number of ether oxygens (including phenoxy) is 2. The van der Waals surface area contributed by atoms with E-state index in [4.69, 9.17) is 14.6 Å². The van der Waals surface area contributed by atoms with E-state index in [1.54, 1.807) is 0 Å². The molecule has 0 unspecified atom stereocenters. The van der Waals surface area contributed by atoms with Gasteiger partial charge in [0.15, 0.2) is 6.29 Å². The van der Waals surface area contributed by atoms with Crippen LogP contribution in [0.15, 0.2) is 0 Å². The van der Waals surface area contributed by atoms with E-state index in [0.717, 1.165) is 0 Å². The third kappa shape index (κ3) is 5.50. The van der Waals surface area contributed by atoms with E-state index in [1.165, 1.54) is 6.92 Å². The monoisotopic (exact) mass is 329 g/mol. The maximum absolute atomic E-state index is 11.2. The van der Waals surface area contributed by atoms with Crippen LogP contribution in [-0.2, 0) is 14.3 Å². The molecule has 1 heterocycles. The fourth-order valence-corrected chi connectivity index (χ4v) is 1.98. The predicted octanol–water partition coefficient (Wildman–Crippen LogP) is -2.12. The zero-order valence-electron chi connectivity index (χ0n) is 12.0. The second-order valence-electron chi connectivity index (χ2n) is 4.51. The number of aliphatic hydroxyl groups excluding tert-OH is 3. The highest BCUT2D eigenvalue weighted by Crippen LogP contribution is 2.22. The fourth-order valence-electron chi connectivity index (χ4n) is 1.90. The van der Waals surface area contributed by atoms with Crippen molar-refractivity contribution in [2.45, 2.75) is 37.6 Å². The van der Waals surface area contributed by atoms with Crippen LogP contribution in [0.1, 0.15) is 6.92 Å². The number of rotatable bonds is 4. The van der Waals surface area contributed by atoms with Crippen molar-refractivity contribution in [3.05, 3.63) is 0 Å². The van der Waals surface area contributed by atoms with Crippen LogP contribution in [0.2, 0.25) is 0 Å². The van der Waals surface area contributed by atoms with E-state index in [9.17, 15) is 15.0 Å². The molecule has 0 aliphatic carbocycles. The Hall–Kier alpha value is -1.26. The van der Waals surface area contributed by atoms with Crippen molar-refractivity contribution in [3.8, 4) is 23.7 Å². The summed E-state index contributed by atoms with van der Waals surface area (Å²) >= 11 is 3.90. The Balaban J connectivity index is 2.71. The Kier molecular flexibility index (Phi) is 8.28. The molecule has 122 valence electrons. The molecule has 1 aliphatic heterocycles. The number of thiol groups is 1. The number of hydrogen-bond donors (Lipinski definition) is 5. The lowest BCUT2D eigenvalue weighted by Crippen LogP contribution is -2.64. The van der Waals surface area contributed by atoms with Gasteiger partial charge in [-0.05, 0) is 11.8 Å². The van der Waals surface area contributed by atoms with Gasteiger partial charge in [-0.2, -0.15) is 12.6 Å². The lowest BCUT2D eigenvalue weighted by Gasteiger charge is -2.41. The summed E-state index contributed by atoms with van der Waals surface area (Å²) in [6, 6.07) is -0.972. The van der Waals surface area contributed by atoms with E-state index in [2.05, 4.69) is 41.6 Å². The van der Waals surface area contributed by atoms with Gasteiger partial charge < -0.3 is 30.1 Å². The quantitative estimate of drug-likeness (QED) is 0.298. The van der Waals surface area contributed by atoms with Crippen LogP contribution < -0.4 is 5.32 Å². The molecule has 5 atom stereocenters. The average molecular weight is 329 g/mol. The van der Waals surface area contributed by atoms with E-state index in [0.29, 0.717) is 5.75 Å². The number of aliphatic hydroxyl groups is 3. The van der Waals surface area contributed by atoms with Gasteiger partial charge in [-0.15, -0.1) is 0 Å². The number of carbonyl (C=O) groups is 1. The van der Waals surface area contributed by atoms with Gasteiger partial charge in [-0.25, -0.2) is 0 Å². The largest absolute Gasteiger partial charge is 0.394 e. The van der Waals surface area contributed by atoms with Crippen LogP contribution in [0.4, 0.5) is 0 Å². The molecule has 1 saturated heterocycles. The first-order chi connectivity index (χ1) is 10.5. The Labute approximate surface area is 134 Å². The van der Waals surface area contributed by atoms with Crippen molar-refractivity contribution in [1.29, 1.82) is 0 Å². The number of carbonyl (C=O) groups excluding carboxylic acids is 1. The first-order valence-corrected chi connectivity index (χ1v) is 7.22. The number of nitrogens with one attached hydrogen (secondary N) is 1. The predicted molar refractivity (Wildman–Crippen MR) is 80.7 cm³/mol. The molecule has 0 radical (unpaired) electrons. The summed E-state index contributed by atoms with van der Waals surface area (Å²) in [5, 5.41) is 31.4. The van der Waals surface area contributed by atoms with Gasteiger partial charge >= 0.3 is 0 Å². The molecule has 0 saturated carbocycles. The van der Waals surface area contributed by atoms with Crippen LogP contribution in [-0.4, -0.2) is 70.8 Å². The van der Waals surface area contributed by atoms with Crippen LogP contribution in [0.5, 0.6) is 0 Å². The summed E-state index contributed by atoms with van der Waals surface area (Å²) in [4.78, 5) is 11.2. The molecular weight excluding hydrogens is 310 g/mol. The maximum Gasteiger partial charge on any atom is 0.217 e. The molecule has 4 N–H and O–H groups in total. The highest BCUT2D eigenvalue weighted by atomic mass is 32.1. The minimum atomic E-state index is -1.34. The van der Waals surface area contributed by atoms with Crippen molar-refractivity contribution in [2.75, 3.05) is 19.0 Å². The molecule has 0 bridgehead atoms. The molecule has 1 amide bonds. The van der Waals surface area contributed by atoms with Gasteiger partial charge in [0.05, 0.1) is 12.4 Å². The maximum atomic E-state index is 11.2. The summed E-state index contributed by atoms with van der Waals surface area (Å²) in [7, 11) is 0. The molecule has 0 aromatic carbocycles. The molecule has 1 aliphatic rings. The second kappa shape index (κ2) is 9.70. The summed E-state index contributed by atoms with van der Waals surface area (Å²) in [5.74, 6) is 10.3. The van der Waals surface area contributed by atoms with Crippen LogP contribution in [0.3, 0.4) is 0 Å². The fraction of sp³-hybridized carbons (Fsp3) is 0.643. The third-order valence-electron chi connectivity index (χ3n) is 2.89. The minimum Gasteiger partial charge on any atom is -0.394 e. The normalized spacial score (nSPS) is 30.5. The Morgan fingerprint density at radius 1 is 1.32 bits per heavy atom. The van der Waals surface area contributed by atoms with E-state index in [-0.39, 0.29) is 6.61 Å². The Morgan fingerprint density at radius 2 is 2.00 bits per heavy atom. The van der Waals surface area contributed by atoms with Gasteiger partial charge in [-0.1, -0.05) is 11.8 Å². The Morgan fingerprint density at radius 3 is 2.59 bits per heavy atom. The first kappa shape index (κ1) is 18.8. The lowest BCUT2D eigenvalue weighted by molar-refractivity contribution is -0.266. The molecule has 7 nitrogen and oxygen atoms in total. The van der Waals surface area contributed by atoms with E-state index < -0.39 is 43.2 Å². The standard InChI is InChI=1S/C14H19NO6S/c1-9(17)15-11-13(19)12(18)10(8-16)21-14(11)20-6-4-2-3-5-7-22/h10-14,16,18-19,22H,6-8H2,1H3,(H,15,17)/t10-,11-,12-,13-,14+/m1/s1. The molecule has 8 heteroatoms. The summed E-state index contributed by atoms with van der Waals surface area (Å²) in [6.45, 7) is 0.716. The van der Waals surface area contributed by atoms with Gasteiger partial charge in [0.1, 0.15) is 31.0 Å². The van der Waals surface area contributed by atoms with Crippen LogP contribution >= 0.6 is 12.6 Å². The Bertz CT molecular complexity index is 491. The second-order valence-corrected chi connectivity index (χ2v) is 4.82. The highest BCUT2D eigenvalue weighted by molar-refractivity contribution is 7.80. The van der Waals surface area contributed by atoms with Crippen LogP contribution in [0, 0.1) is 23.7 Å². The summed E-state index contributed by atoms with van der Waals surface area (Å²) in [5.41, 5.74) is 0. The highest BCUT2D eigenvalue weighted by Gasteiger charge is 2.45. The zero-order valence-corrected chi connectivity index (χ0v) is 12.9. The van der Waals surface area contributed by atoms with Crippen molar-refractivity contribution < 1.29 is 29.6 Å². The molecule has 1 fully saturated rings. The molecule has 0 spiro atoms. The minimum absolute atomic E-state index is 0.0526. The van der Waals surface area contributed by atoms with Crippen molar-refractivity contribution >= 4 is 18.5 Å². The lowest BCUT2D eigenvalue weighted by atomic mass is 9.97. The molecular formula is C14H19NO6S. The summed E-state index contributed by atoms with van der Waals surface area (Å²) in [6.07, 6.45) is -4.74. The SMILES string of the molecule is CC(=O)N[C@H]1[C@@H](OCC#CC#CCS)O[C@H](CO)[C@@H](O)[C@@H]1O. The van der Waals surface area contributed by atoms with Crippen molar-refractivity contribution in [3.63, 3.8) is 0 Å². The van der Waals surface area contributed by atoms with Crippen LogP contribution in [0.25, 0.3) is 0 Å². The third-order valence-corrected chi connectivity index (χ3v) is 3.05. The van der Waals surface area contributed by atoms with Gasteiger partial charge in [0.25, 0.3) is 0 Å². The number of hydrogen-bond acceptors (Lipinski definition) is 7. The smallest absolute Gasteiger partial charge is 0.217 e. The molecule has 22 heavy (non-hydrogen) atoms. The summed E-state index contributed by atoms with van der Waals surface area (Å²) < 4.78 is 10.7. The first-order valence-electron chi connectivity index (χ1n) is 6.59. The van der Waals surface area contributed by atoms with E-state index >= 15 is 0 Å². The van der Waals surface area contributed by atoms with Gasteiger partial charge in [0.2, 0.25) is 5.91 Å². The zero-order chi connectivity index (χ0) is 16.5. The van der Waals surface area contributed by atoms with Gasteiger partial charge in [0, 0.05) is 6.92 Å². The molecule has 0 aromatic heterocycles. The molecule has 0 aromatic rings. The van der Waals surface area contributed by atoms with Crippen molar-refractivity contribution in [2.24, 2.45) is 0 Å². The van der Waals surface area contributed by atoms with Gasteiger partial charge in [-0.3, -0.25) is 4.79 Å². The molecule has 1 rings (SSSR count). The van der Waals surface area contributed by atoms with Crippen molar-refractivity contribution in [1.82, 2.24) is 5.32 Å². The average Bonchev–Trinajstić information content (AvgIpc) is 2.49. The number of amides is 1. The topological polar surface area (TPSA) is 108 Å². The van der Waals surface area contributed by atoms with E-state index in [1.807, 2.05) is 0 Å².